The van der Waals surface area contributed by atoms with Gasteiger partial charge in [0.1, 0.15) is 6.54 Å². The lowest BCUT2D eigenvalue weighted by Crippen LogP contribution is -2.38. The van der Waals surface area contributed by atoms with Crippen molar-refractivity contribution in [2.24, 2.45) is 0 Å². The zero-order valence-electron chi connectivity index (χ0n) is 10.9. The molecule has 0 fully saturated rings. The van der Waals surface area contributed by atoms with E-state index in [-0.39, 0.29) is 12.5 Å². The number of methoxy groups -OCH3 is 2. The van der Waals surface area contributed by atoms with Crippen LogP contribution in [0.25, 0.3) is 0 Å². The van der Waals surface area contributed by atoms with Crippen LogP contribution in [0.4, 0.5) is 0 Å². The van der Waals surface area contributed by atoms with Crippen molar-refractivity contribution in [3.05, 3.63) is 33.4 Å². The molecule has 0 N–H and O–H groups in total. The lowest BCUT2D eigenvalue weighted by Gasteiger charge is -2.21. The normalized spacial score (nSPS) is 10.1. The minimum Gasteiger partial charge on any atom is -0.468 e. The third kappa shape index (κ3) is 5.15. The van der Waals surface area contributed by atoms with Crippen LogP contribution in [0.5, 0.6) is 0 Å². The van der Waals surface area contributed by atoms with Gasteiger partial charge in [0.05, 0.1) is 13.7 Å². The average molecular weight is 377 g/mol. The first-order valence-electron chi connectivity index (χ1n) is 5.69. The quantitative estimate of drug-likeness (QED) is 0.558. The zero-order chi connectivity index (χ0) is 14.3. The highest BCUT2D eigenvalue weighted by Gasteiger charge is 2.18. The van der Waals surface area contributed by atoms with Crippen molar-refractivity contribution < 1.29 is 19.1 Å². The van der Waals surface area contributed by atoms with Crippen molar-refractivity contribution in [3.8, 4) is 0 Å². The van der Waals surface area contributed by atoms with Crippen LogP contribution >= 0.6 is 22.6 Å². The van der Waals surface area contributed by atoms with E-state index in [0.717, 1.165) is 3.57 Å². The molecule has 0 atom stereocenters. The van der Waals surface area contributed by atoms with Gasteiger partial charge in [-0.3, -0.25) is 9.59 Å². The number of carbonyl (C=O) groups excluding carboxylic acids is 2. The molecular weight excluding hydrogens is 361 g/mol. The Kier molecular flexibility index (Phi) is 6.79. The molecule has 0 heterocycles. The second-order valence-electron chi connectivity index (χ2n) is 3.80. The number of nitrogens with zero attached hydrogens (tertiary/aromatic N) is 1. The fourth-order valence-electron chi connectivity index (χ4n) is 1.45. The van der Waals surface area contributed by atoms with Crippen LogP contribution in [-0.4, -0.2) is 50.7 Å². The van der Waals surface area contributed by atoms with E-state index in [0.29, 0.717) is 18.7 Å². The summed E-state index contributed by atoms with van der Waals surface area (Å²) in [5.41, 5.74) is 0.542. The smallest absolute Gasteiger partial charge is 0.325 e. The average Bonchev–Trinajstić information content (AvgIpc) is 2.43. The molecule has 0 saturated heterocycles. The Bertz CT molecular complexity index is 433. The molecular formula is C13H16INO4. The largest absolute Gasteiger partial charge is 0.468 e. The van der Waals surface area contributed by atoms with E-state index in [9.17, 15) is 9.59 Å². The van der Waals surface area contributed by atoms with Crippen molar-refractivity contribution in [2.75, 3.05) is 33.9 Å². The van der Waals surface area contributed by atoms with Crippen molar-refractivity contribution in [2.45, 2.75) is 0 Å². The van der Waals surface area contributed by atoms with E-state index >= 15 is 0 Å². The Hall–Kier alpha value is -1.15. The van der Waals surface area contributed by atoms with Crippen molar-refractivity contribution in [1.29, 1.82) is 0 Å². The number of benzene rings is 1. The molecule has 0 aliphatic rings. The summed E-state index contributed by atoms with van der Waals surface area (Å²) in [6, 6.07) is 7.17. The summed E-state index contributed by atoms with van der Waals surface area (Å²) >= 11 is 2.17. The number of rotatable bonds is 6. The summed E-state index contributed by atoms with van der Waals surface area (Å²) in [4.78, 5) is 25.0. The lowest BCUT2D eigenvalue weighted by molar-refractivity contribution is -0.141. The van der Waals surface area contributed by atoms with Crippen LogP contribution < -0.4 is 0 Å². The van der Waals surface area contributed by atoms with Crippen LogP contribution in [0, 0.1) is 3.57 Å². The highest BCUT2D eigenvalue weighted by atomic mass is 127. The number of hydrogen-bond acceptors (Lipinski definition) is 4. The summed E-state index contributed by atoms with van der Waals surface area (Å²) < 4.78 is 10.6. The van der Waals surface area contributed by atoms with Gasteiger partial charge in [0.25, 0.3) is 5.91 Å². The summed E-state index contributed by atoms with van der Waals surface area (Å²) in [7, 11) is 2.85. The first kappa shape index (κ1) is 15.9. The molecule has 1 rings (SSSR count). The van der Waals surface area contributed by atoms with Gasteiger partial charge in [-0.05, 0) is 46.9 Å². The predicted octanol–water partition coefficient (Wildman–Crippen LogP) is 1.55. The lowest BCUT2D eigenvalue weighted by atomic mass is 10.2. The molecule has 1 amide bonds. The van der Waals surface area contributed by atoms with E-state index in [4.69, 9.17) is 4.74 Å². The van der Waals surface area contributed by atoms with Gasteiger partial charge < -0.3 is 14.4 Å². The number of esters is 1. The van der Waals surface area contributed by atoms with E-state index in [2.05, 4.69) is 27.3 Å². The van der Waals surface area contributed by atoms with Crippen molar-refractivity contribution in [3.63, 3.8) is 0 Å². The molecule has 0 radical (unpaired) electrons. The molecule has 1 aromatic rings. The topological polar surface area (TPSA) is 55.8 Å². The molecule has 6 heteroatoms. The van der Waals surface area contributed by atoms with Gasteiger partial charge in [0.2, 0.25) is 0 Å². The molecule has 0 saturated carbocycles. The Morgan fingerprint density at radius 1 is 1.21 bits per heavy atom. The highest BCUT2D eigenvalue weighted by molar-refractivity contribution is 14.1. The molecule has 0 aromatic heterocycles. The molecule has 0 bridgehead atoms. The molecule has 1 aromatic carbocycles. The Labute approximate surface area is 126 Å². The standard InChI is InChI=1S/C13H16INO4/c1-18-8-7-15(9-12(16)19-2)13(17)10-3-5-11(14)6-4-10/h3-6H,7-9H2,1-2H3. The first-order valence-corrected chi connectivity index (χ1v) is 6.77. The molecule has 0 spiro atoms. The number of ether oxygens (including phenoxy) is 2. The van der Waals surface area contributed by atoms with E-state index in [1.54, 1.807) is 19.2 Å². The van der Waals surface area contributed by atoms with Gasteiger partial charge in [0.15, 0.2) is 0 Å². The number of carbonyl (C=O) groups is 2. The first-order chi connectivity index (χ1) is 9.08. The second-order valence-corrected chi connectivity index (χ2v) is 5.05. The van der Waals surface area contributed by atoms with E-state index in [1.807, 2.05) is 12.1 Å². The molecule has 19 heavy (non-hydrogen) atoms. The SMILES string of the molecule is COCCN(CC(=O)OC)C(=O)c1ccc(I)cc1. The minimum atomic E-state index is -0.449. The molecule has 104 valence electrons. The summed E-state index contributed by atoms with van der Waals surface area (Å²) in [6.45, 7) is 0.633. The van der Waals surface area contributed by atoms with Crippen LogP contribution in [-0.2, 0) is 14.3 Å². The van der Waals surface area contributed by atoms with Gasteiger partial charge in [-0.15, -0.1) is 0 Å². The van der Waals surface area contributed by atoms with Crippen molar-refractivity contribution >= 4 is 34.5 Å². The van der Waals surface area contributed by atoms with Gasteiger partial charge in [-0.1, -0.05) is 0 Å². The van der Waals surface area contributed by atoms with E-state index < -0.39 is 5.97 Å². The Balaban J connectivity index is 2.80. The molecule has 0 aliphatic heterocycles. The fraction of sp³-hybridized carbons (Fsp3) is 0.385. The van der Waals surface area contributed by atoms with Crippen LogP contribution in [0.15, 0.2) is 24.3 Å². The van der Waals surface area contributed by atoms with Crippen LogP contribution in [0.3, 0.4) is 0 Å². The maximum absolute atomic E-state index is 12.3. The fourth-order valence-corrected chi connectivity index (χ4v) is 1.81. The molecule has 5 nitrogen and oxygen atoms in total. The summed E-state index contributed by atoms with van der Waals surface area (Å²) in [5, 5.41) is 0. The summed E-state index contributed by atoms with van der Waals surface area (Å²) in [6.07, 6.45) is 0. The van der Waals surface area contributed by atoms with Gasteiger partial charge >= 0.3 is 5.97 Å². The van der Waals surface area contributed by atoms with Crippen molar-refractivity contribution in [1.82, 2.24) is 4.90 Å². The monoisotopic (exact) mass is 377 g/mol. The maximum atomic E-state index is 12.3. The third-order valence-corrected chi connectivity index (χ3v) is 3.21. The van der Waals surface area contributed by atoms with Crippen LogP contribution in [0.1, 0.15) is 10.4 Å². The molecule has 0 aliphatic carbocycles. The number of hydrogen-bond donors (Lipinski definition) is 0. The second kappa shape index (κ2) is 8.11. The Morgan fingerprint density at radius 2 is 1.84 bits per heavy atom. The molecule has 0 unspecified atom stereocenters. The highest BCUT2D eigenvalue weighted by Crippen LogP contribution is 2.09. The Morgan fingerprint density at radius 3 is 2.37 bits per heavy atom. The zero-order valence-corrected chi connectivity index (χ0v) is 13.0. The van der Waals surface area contributed by atoms with E-state index in [1.165, 1.54) is 12.0 Å². The summed E-state index contributed by atoms with van der Waals surface area (Å²) in [5.74, 6) is -0.659. The minimum absolute atomic E-state index is 0.0787. The number of halogens is 1. The third-order valence-electron chi connectivity index (χ3n) is 2.49. The van der Waals surface area contributed by atoms with Gasteiger partial charge in [-0.25, -0.2) is 0 Å². The van der Waals surface area contributed by atoms with Crippen LogP contribution in [0.2, 0.25) is 0 Å². The van der Waals surface area contributed by atoms with Gasteiger partial charge in [0, 0.05) is 22.8 Å². The predicted molar refractivity (Wildman–Crippen MR) is 79.0 cm³/mol. The number of amides is 1. The van der Waals surface area contributed by atoms with Gasteiger partial charge in [-0.2, -0.15) is 0 Å². The maximum Gasteiger partial charge on any atom is 0.325 e.